The second kappa shape index (κ2) is 11.5. The third-order valence-corrected chi connectivity index (χ3v) is 5.03. The van der Waals surface area contributed by atoms with Gasteiger partial charge in [0.25, 0.3) is 0 Å². The van der Waals surface area contributed by atoms with Crippen molar-refractivity contribution in [3.63, 3.8) is 0 Å². The average molecular weight is 497 g/mol. The zero-order valence-electron chi connectivity index (χ0n) is 17.6. The quantitative estimate of drug-likeness (QED) is 0.120. The summed E-state index contributed by atoms with van der Waals surface area (Å²) in [6.45, 7) is 0. The summed E-state index contributed by atoms with van der Waals surface area (Å²) in [4.78, 5) is 0. The Hall–Kier alpha value is -4.10. The van der Waals surface area contributed by atoms with Gasteiger partial charge < -0.3 is 0 Å². The highest BCUT2D eigenvalue weighted by Crippen LogP contribution is 2.18. The molecule has 0 aliphatic rings. The van der Waals surface area contributed by atoms with Crippen LogP contribution in [0, 0.1) is 0 Å². The lowest BCUT2D eigenvalue weighted by Gasteiger charge is -2.04. The maximum atomic E-state index is 4.48. The van der Waals surface area contributed by atoms with Gasteiger partial charge in [-0.25, -0.2) is 0 Å². The van der Waals surface area contributed by atoms with E-state index in [-0.39, 0.29) is 0 Å². The van der Waals surface area contributed by atoms with Gasteiger partial charge in [-0.15, -0.1) is 10.2 Å². The van der Waals surface area contributed by atoms with Crippen LogP contribution in [0.1, 0.15) is 11.1 Å². The molecular formula is C26H21BrN6. The number of benzene rings is 4. The largest absolute Gasteiger partial charge is 0.279 e. The Labute approximate surface area is 200 Å². The van der Waals surface area contributed by atoms with E-state index in [0.717, 1.165) is 32.7 Å². The predicted octanol–water partition coefficient (Wildman–Crippen LogP) is 7.45. The Morgan fingerprint density at radius 1 is 0.667 bits per heavy atom. The number of nitrogens with one attached hydrogen (secondary N) is 2. The van der Waals surface area contributed by atoms with Crippen LogP contribution in [0.5, 0.6) is 0 Å². The number of hydrogen-bond donors (Lipinski definition) is 2. The summed E-state index contributed by atoms with van der Waals surface area (Å²) in [5.74, 6) is 0.465. The first kappa shape index (κ1) is 22.1. The molecule has 2 N–H and O–H groups in total. The standard InChI is InChI=1S/C26H21BrN6/c27-22-15-17-25(18-16-22)31-33-26(32-30-24-9-5-2-6-10-24)21-13-11-20(12-14-21)19-28-29-23-7-3-1-4-8-23/h1-19,29-30H/b28-19+,32-26?,33-31?. The van der Waals surface area contributed by atoms with Crippen molar-refractivity contribution in [1.29, 1.82) is 0 Å². The molecule has 33 heavy (non-hydrogen) atoms. The number of amidine groups is 1. The minimum Gasteiger partial charge on any atom is -0.279 e. The van der Waals surface area contributed by atoms with Gasteiger partial charge in [0, 0.05) is 10.0 Å². The van der Waals surface area contributed by atoms with Crippen LogP contribution in [-0.4, -0.2) is 12.1 Å². The summed E-state index contributed by atoms with van der Waals surface area (Å²) in [5.41, 5.74) is 10.4. The van der Waals surface area contributed by atoms with Gasteiger partial charge in [0.15, 0.2) is 0 Å². The van der Waals surface area contributed by atoms with Crippen LogP contribution in [0.4, 0.5) is 17.1 Å². The molecule has 0 unspecified atom stereocenters. The van der Waals surface area contributed by atoms with Crippen molar-refractivity contribution >= 4 is 45.0 Å². The van der Waals surface area contributed by atoms with Crippen molar-refractivity contribution in [2.75, 3.05) is 10.9 Å². The Balaban J connectivity index is 1.52. The van der Waals surface area contributed by atoms with E-state index >= 15 is 0 Å². The number of halogens is 1. The Morgan fingerprint density at radius 3 is 1.91 bits per heavy atom. The molecule has 0 saturated carbocycles. The lowest BCUT2D eigenvalue weighted by molar-refractivity contribution is 1.22. The van der Waals surface area contributed by atoms with E-state index in [0.29, 0.717) is 5.84 Å². The Bertz CT molecular complexity index is 1240. The van der Waals surface area contributed by atoms with Crippen molar-refractivity contribution < 1.29 is 0 Å². The molecule has 6 nitrogen and oxygen atoms in total. The normalized spacial score (nSPS) is 11.7. The molecule has 0 bridgehead atoms. The van der Waals surface area contributed by atoms with E-state index in [1.165, 1.54) is 0 Å². The highest BCUT2D eigenvalue weighted by molar-refractivity contribution is 9.10. The Morgan fingerprint density at radius 2 is 1.27 bits per heavy atom. The number of hydrogen-bond acceptors (Lipinski definition) is 5. The number of azo groups is 1. The van der Waals surface area contributed by atoms with E-state index in [1.54, 1.807) is 6.21 Å². The lowest BCUT2D eigenvalue weighted by Crippen LogP contribution is -2.01. The van der Waals surface area contributed by atoms with Gasteiger partial charge >= 0.3 is 0 Å². The number of nitrogens with zero attached hydrogens (tertiary/aromatic N) is 4. The van der Waals surface area contributed by atoms with Gasteiger partial charge in [0.05, 0.1) is 23.3 Å². The molecular weight excluding hydrogens is 476 g/mol. The smallest absolute Gasteiger partial charge is 0.201 e. The predicted molar refractivity (Wildman–Crippen MR) is 139 cm³/mol. The summed E-state index contributed by atoms with van der Waals surface area (Å²) in [5, 5.41) is 17.5. The molecule has 0 aliphatic carbocycles. The topological polar surface area (TPSA) is 73.5 Å². The summed E-state index contributed by atoms with van der Waals surface area (Å²) in [6, 6.07) is 34.9. The first-order valence-corrected chi connectivity index (χ1v) is 11.1. The molecule has 7 heteroatoms. The zero-order chi connectivity index (χ0) is 22.7. The maximum Gasteiger partial charge on any atom is 0.201 e. The fraction of sp³-hybridized carbons (Fsp3) is 0. The van der Waals surface area contributed by atoms with Crippen LogP contribution in [0.25, 0.3) is 0 Å². The average Bonchev–Trinajstić information content (AvgIpc) is 2.87. The van der Waals surface area contributed by atoms with E-state index in [2.05, 4.69) is 47.2 Å². The maximum absolute atomic E-state index is 4.48. The molecule has 4 aromatic carbocycles. The molecule has 0 fully saturated rings. The molecule has 0 spiro atoms. The molecule has 0 aliphatic heterocycles. The van der Waals surface area contributed by atoms with E-state index in [4.69, 9.17) is 0 Å². The van der Waals surface area contributed by atoms with Crippen molar-refractivity contribution in [3.05, 3.63) is 125 Å². The van der Waals surface area contributed by atoms with Gasteiger partial charge in [0.2, 0.25) is 5.84 Å². The summed E-state index contributed by atoms with van der Waals surface area (Å²) < 4.78 is 0.986. The fourth-order valence-electron chi connectivity index (χ4n) is 2.80. The third-order valence-electron chi connectivity index (χ3n) is 4.50. The molecule has 0 saturated heterocycles. The van der Waals surface area contributed by atoms with E-state index < -0.39 is 0 Å². The number of hydrazone groups is 2. The SMILES string of the molecule is Brc1ccc(N=NC(=NNc2ccccc2)c2ccc(/C=N/Nc3ccccc3)cc2)cc1. The highest BCUT2D eigenvalue weighted by Gasteiger charge is 2.04. The zero-order valence-corrected chi connectivity index (χ0v) is 19.2. The van der Waals surface area contributed by atoms with Crippen LogP contribution >= 0.6 is 15.9 Å². The molecule has 162 valence electrons. The van der Waals surface area contributed by atoms with Gasteiger partial charge in [-0.3, -0.25) is 10.9 Å². The van der Waals surface area contributed by atoms with Crippen molar-refractivity contribution in [2.24, 2.45) is 20.4 Å². The third kappa shape index (κ3) is 6.95. The Kier molecular flexibility index (Phi) is 7.70. The van der Waals surface area contributed by atoms with Gasteiger partial charge in [-0.05, 0) is 54.1 Å². The second-order valence-corrected chi connectivity index (χ2v) is 7.86. The van der Waals surface area contributed by atoms with Crippen molar-refractivity contribution in [3.8, 4) is 0 Å². The monoisotopic (exact) mass is 496 g/mol. The van der Waals surface area contributed by atoms with Crippen molar-refractivity contribution in [2.45, 2.75) is 0 Å². The molecule has 0 amide bonds. The number of anilines is 2. The minimum absolute atomic E-state index is 0.465. The highest BCUT2D eigenvalue weighted by atomic mass is 79.9. The van der Waals surface area contributed by atoms with Crippen LogP contribution in [0.3, 0.4) is 0 Å². The molecule has 4 aromatic rings. The van der Waals surface area contributed by atoms with Crippen molar-refractivity contribution in [1.82, 2.24) is 0 Å². The van der Waals surface area contributed by atoms with Crippen LogP contribution < -0.4 is 10.9 Å². The first-order valence-electron chi connectivity index (χ1n) is 10.3. The molecule has 4 rings (SSSR count). The fourth-order valence-corrected chi connectivity index (χ4v) is 3.06. The molecule has 0 radical (unpaired) electrons. The molecule has 0 aromatic heterocycles. The summed E-state index contributed by atoms with van der Waals surface area (Å²) >= 11 is 3.43. The van der Waals surface area contributed by atoms with E-state index in [1.807, 2.05) is 109 Å². The number of rotatable bonds is 7. The summed E-state index contributed by atoms with van der Waals surface area (Å²) in [6.07, 6.45) is 1.76. The van der Waals surface area contributed by atoms with Crippen LogP contribution in [0.15, 0.2) is 134 Å². The molecule has 0 atom stereocenters. The van der Waals surface area contributed by atoms with Gasteiger partial charge in [0.1, 0.15) is 0 Å². The second-order valence-electron chi connectivity index (χ2n) is 6.95. The van der Waals surface area contributed by atoms with Crippen LogP contribution in [0.2, 0.25) is 0 Å². The van der Waals surface area contributed by atoms with Crippen LogP contribution in [-0.2, 0) is 0 Å². The lowest BCUT2D eigenvalue weighted by atomic mass is 10.1. The minimum atomic E-state index is 0.465. The molecule has 0 heterocycles. The summed E-state index contributed by atoms with van der Waals surface area (Å²) in [7, 11) is 0. The van der Waals surface area contributed by atoms with Gasteiger partial charge in [-0.2, -0.15) is 10.2 Å². The van der Waals surface area contributed by atoms with Gasteiger partial charge in [-0.1, -0.05) is 76.6 Å². The number of para-hydroxylation sites is 2. The first-order chi connectivity index (χ1) is 16.3. The van der Waals surface area contributed by atoms with E-state index in [9.17, 15) is 0 Å².